The van der Waals surface area contributed by atoms with E-state index in [1.165, 1.54) is 18.2 Å². The number of benzene rings is 1. The van der Waals surface area contributed by atoms with Crippen LogP contribution in [0.15, 0.2) is 23.1 Å². The minimum Gasteiger partial charge on any atom is -0.337 e. The zero-order chi connectivity index (χ0) is 20.4. The number of urea groups is 1. The van der Waals surface area contributed by atoms with Gasteiger partial charge in [-0.05, 0) is 37.0 Å². The SMILES string of the molecule is CCCCCC#CC(=O)c1cc(Cl)ccc1S(=O)(=O)N(C)C(=O)NCCC. The Bertz CT molecular complexity index is 841. The van der Waals surface area contributed by atoms with Gasteiger partial charge in [0.1, 0.15) is 0 Å². The molecule has 148 valence electrons. The van der Waals surface area contributed by atoms with Crippen LogP contribution in [-0.2, 0) is 10.0 Å². The molecule has 0 aromatic heterocycles. The van der Waals surface area contributed by atoms with Gasteiger partial charge in [0.25, 0.3) is 10.0 Å². The summed E-state index contributed by atoms with van der Waals surface area (Å²) in [6, 6.07) is 3.07. The Morgan fingerprint density at radius 1 is 1.19 bits per heavy atom. The molecule has 0 fully saturated rings. The van der Waals surface area contributed by atoms with Crippen LogP contribution in [0.3, 0.4) is 0 Å². The third-order valence-corrected chi connectivity index (χ3v) is 5.78. The molecule has 0 aliphatic carbocycles. The molecule has 0 atom stereocenters. The van der Waals surface area contributed by atoms with Gasteiger partial charge in [-0.15, -0.1) is 0 Å². The maximum Gasteiger partial charge on any atom is 0.331 e. The summed E-state index contributed by atoms with van der Waals surface area (Å²) in [6.07, 6.45) is 4.15. The lowest BCUT2D eigenvalue weighted by atomic mass is 10.1. The summed E-state index contributed by atoms with van der Waals surface area (Å²) in [7, 11) is -3.09. The first kappa shape index (κ1) is 23.0. The van der Waals surface area contributed by atoms with E-state index < -0.39 is 21.8 Å². The number of halogens is 1. The Hall–Kier alpha value is -2.04. The minimum atomic E-state index is -4.23. The highest BCUT2D eigenvalue weighted by atomic mass is 35.5. The zero-order valence-corrected chi connectivity index (χ0v) is 17.4. The summed E-state index contributed by atoms with van der Waals surface area (Å²) in [5, 5.41) is 2.70. The van der Waals surface area contributed by atoms with Crippen LogP contribution in [0.1, 0.15) is 56.3 Å². The van der Waals surface area contributed by atoms with E-state index in [9.17, 15) is 18.0 Å². The van der Waals surface area contributed by atoms with E-state index in [2.05, 4.69) is 24.1 Å². The van der Waals surface area contributed by atoms with Crippen molar-refractivity contribution in [1.29, 1.82) is 0 Å². The van der Waals surface area contributed by atoms with Crippen molar-refractivity contribution in [1.82, 2.24) is 9.62 Å². The average molecular weight is 413 g/mol. The predicted molar refractivity (Wildman–Crippen MR) is 106 cm³/mol. The van der Waals surface area contributed by atoms with E-state index in [0.29, 0.717) is 23.7 Å². The largest absolute Gasteiger partial charge is 0.337 e. The van der Waals surface area contributed by atoms with Crippen molar-refractivity contribution in [3.05, 3.63) is 28.8 Å². The molecule has 8 heteroatoms. The third-order valence-electron chi connectivity index (χ3n) is 3.74. The number of amides is 2. The first-order chi connectivity index (χ1) is 12.8. The summed E-state index contributed by atoms with van der Waals surface area (Å²) in [6.45, 7) is 4.26. The van der Waals surface area contributed by atoms with Gasteiger partial charge < -0.3 is 5.32 Å². The lowest BCUT2D eigenvalue weighted by Crippen LogP contribution is -2.41. The van der Waals surface area contributed by atoms with Crippen LogP contribution in [0.5, 0.6) is 0 Å². The first-order valence-electron chi connectivity index (χ1n) is 8.85. The molecule has 6 nitrogen and oxygen atoms in total. The highest BCUT2D eigenvalue weighted by molar-refractivity contribution is 7.89. The molecule has 2 amide bonds. The van der Waals surface area contributed by atoms with E-state index >= 15 is 0 Å². The van der Waals surface area contributed by atoms with Crippen LogP contribution in [0.25, 0.3) is 0 Å². The van der Waals surface area contributed by atoms with E-state index in [-0.39, 0.29) is 15.5 Å². The summed E-state index contributed by atoms with van der Waals surface area (Å²) >= 11 is 5.94. The first-order valence-corrected chi connectivity index (χ1v) is 10.7. The van der Waals surface area contributed by atoms with E-state index in [4.69, 9.17) is 11.6 Å². The number of carbonyl (C=O) groups excluding carboxylic acids is 2. The molecular weight excluding hydrogens is 388 g/mol. The van der Waals surface area contributed by atoms with Crippen molar-refractivity contribution in [2.24, 2.45) is 0 Å². The van der Waals surface area contributed by atoms with Crippen molar-refractivity contribution in [3.63, 3.8) is 0 Å². The molecule has 1 rings (SSSR count). The van der Waals surface area contributed by atoms with Gasteiger partial charge in [0.15, 0.2) is 0 Å². The number of ketones is 1. The fraction of sp³-hybridized carbons (Fsp3) is 0.474. The third kappa shape index (κ3) is 6.56. The zero-order valence-electron chi connectivity index (χ0n) is 15.8. The number of carbonyl (C=O) groups is 2. The number of nitrogens with one attached hydrogen (secondary N) is 1. The second-order valence-electron chi connectivity index (χ2n) is 5.93. The monoisotopic (exact) mass is 412 g/mol. The molecule has 0 radical (unpaired) electrons. The fourth-order valence-electron chi connectivity index (χ4n) is 2.18. The van der Waals surface area contributed by atoms with Crippen LogP contribution in [-0.4, -0.2) is 38.1 Å². The predicted octanol–water partition coefficient (Wildman–Crippen LogP) is 3.85. The molecule has 0 spiro atoms. The summed E-state index contributed by atoms with van der Waals surface area (Å²) in [4.78, 5) is 24.2. The molecule has 1 aromatic rings. The van der Waals surface area contributed by atoms with Crippen LogP contribution in [0, 0.1) is 11.8 Å². The maximum atomic E-state index is 12.8. The molecule has 0 aliphatic rings. The van der Waals surface area contributed by atoms with Gasteiger partial charge in [-0.25, -0.2) is 17.5 Å². The smallest absolute Gasteiger partial charge is 0.331 e. The van der Waals surface area contributed by atoms with E-state index in [1.54, 1.807) is 0 Å². The van der Waals surface area contributed by atoms with E-state index in [1.807, 2.05) is 6.92 Å². The summed E-state index contributed by atoms with van der Waals surface area (Å²) in [5.41, 5.74) is -0.138. The number of Topliss-reactive ketones (excluding diaryl/α,β-unsaturated/α-hetero) is 1. The van der Waals surface area contributed by atoms with Crippen LogP contribution >= 0.6 is 11.6 Å². The maximum absolute atomic E-state index is 12.8. The van der Waals surface area contributed by atoms with Crippen molar-refractivity contribution >= 4 is 33.4 Å². The number of unbranched alkanes of at least 4 members (excludes halogenated alkanes) is 3. The van der Waals surface area contributed by atoms with Gasteiger partial charge in [0.05, 0.1) is 10.5 Å². The Balaban J connectivity index is 3.17. The normalized spacial score (nSPS) is 10.7. The molecule has 1 N–H and O–H groups in total. The topological polar surface area (TPSA) is 83.6 Å². The summed E-state index contributed by atoms with van der Waals surface area (Å²) in [5.74, 6) is 4.59. The van der Waals surface area contributed by atoms with E-state index in [0.717, 1.165) is 26.3 Å². The van der Waals surface area contributed by atoms with Gasteiger partial charge in [-0.1, -0.05) is 44.2 Å². The molecule has 0 aliphatic heterocycles. The molecule has 0 saturated carbocycles. The number of hydrogen-bond donors (Lipinski definition) is 1. The van der Waals surface area contributed by atoms with Gasteiger partial charge >= 0.3 is 6.03 Å². The standard InChI is InChI=1S/C19H25ClN2O4S/c1-4-6-7-8-9-10-17(23)16-14-15(20)11-12-18(16)27(25,26)22(3)19(24)21-13-5-2/h11-12,14H,4-8,13H2,1-3H3,(H,21,24). The second kappa shape index (κ2) is 11.0. The molecule has 0 bridgehead atoms. The van der Waals surface area contributed by atoms with Gasteiger partial charge in [-0.2, -0.15) is 0 Å². The highest BCUT2D eigenvalue weighted by Crippen LogP contribution is 2.23. The van der Waals surface area contributed by atoms with Crippen molar-refractivity contribution in [2.45, 2.75) is 50.8 Å². The molecule has 1 aromatic carbocycles. The quantitative estimate of drug-likeness (QED) is 0.304. The van der Waals surface area contributed by atoms with Crippen molar-refractivity contribution < 1.29 is 18.0 Å². The Morgan fingerprint density at radius 2 is 1.89 bits per heavy atom. The van der Waals surface area contributed by atoms with Crippen LogP contribution < -0.4 is 5.32 Å². The second-order valence-corrected chi connectivity index (χ2v) is 8.31. The average Bonchev–Trinajstić information content (AvgIpc) is 2.64. The molecule has 0 heterocycles. The lowest BCUT2D eigenvalue weighted by molar-refractivity contribution is 0.105. The number of rotatable bonds is 8. The number of hydrogen-bond acceptors (Lipinski definition) is 4. The minimum absolute atomic E-state index is 0.138. The molecular formula is C19H25ClN2O4S. The fourth-order valence-corrected chi connectivity index (χ4v) is 3.60. The number of nitrogens with zero attached hydrogens (tertiary/aromatic N) is 1. The Kier molecular flexibility index (Phi) is 9.33. The van der Waals surface area contributed by atoms with Gasteiger partial charge in [-0.3, -0.25) is 4.79 Å². The summed E-state index contributed by atoms with van der Waals surface area (Å²) < 4.78 is 26.2. The lowest BCUT2D eigenvalue weighted by Gasteiger charge is -2.19. The molecule has 27 heavy (non-hydrogen) atoms. The van der Waals surface area contributed by atoms with Crippen LogP contribution in [0.4, 0.5) is 4.79 Å². The molecule has 0 saturated heterocycles. The van der Waals surface area contributed by atoms with Crippen molar-refractivity contribution in [2.75, 3.05) is 13.6 Å². The van der Waals surface area contributed by atoms with Crippen molar-refractivity contribution in [3.8, 4) is 11.8 Å². The Labute approximate surface area is 166 Å². The molecule has 0 unspecified atom stereocenters. The van der Waals surface area contributed by atoms with Crippen LogP contribution in [0.2, 0.25) is 5.02 Å². The van der Waals surface area contributed by atoms with Gasteiger partial charge in [0, 0.05) is 25.0 Å². The highest BCUT2D eigenvalue weighted by Gasteiger charge is 2.29. The number of sulfonamides is 1. The Morgan fingerprint density at radius 3 is 2.52 bits per heavy atom. The van der Waals surface area contributed by atoms with Gasteiger partial charge in [0.2, 0.25) is 5.78 Å².